The molecule has 0 aliphatic carbocycles. The quantitative estimate of drug-likeness (QED) is 0.794. The Hall–Kier alpha value is -1.71. The molecule has 0 aromatic heterocycles. The average molecular weight is 265 g/mol. The van der Waals surface area contributed by atoms with Crippen molar-refractivity contribution in [3.63, 3.8) is 0 Å². The van der Waals surface area contributed by atoms with Crippen molar-refractivity contribution in [2.24, 2.45) is 0 Å². The minimum Gasteiger partial charge on any atom is -0.493 e. The molecule has 0 bridgehead atoms. The molecule has 1 aromatic carbocycles. The highest BCUT2D eigenvalue weighted by Crippen LogP contribution is 2.31. The fourth-order valence-electron chi connectivity index (χ4n) is 2.09. The number of hydrogen-bond acceptors (Lipinski definition) is 3. The molecule has 4 nitrogen and oxygen atoms in total. The third-order valence-corrected chi connectivity index (χ3v) is 3.27. The van der Waals surface area contributed by atoms with Crippen LogP contribution in [-0.2, 0) is 6.42 Å². The highest BCUT2D eigenvalue weighted by Gasteiger charge is 2.19. The fourth-order valence-corrected chi connectivity index (χ4v) is 2.09. The maximum absolute atomic E-state index is 12.5. The van der Waals surface area contributed by atoms with E-state index in [1.165, 1.54) is 0 Å². The van der Waals surface area contributed by atoms with Crippen LogP contribution in [0.5, 0.6) is 11.5 Å². The number of carbonyl (C=O) groups is 1. The molecule has 106 valence electrons. The van der Waals surface area contributed by atoms with Gasteiger partial charge in [0, 0.05) is 18.7 Å². The van der Waals surface area contributed by atoms with Gasteiger partial charge in [-0.05, 0) is 38.0 Å². The van der Waals surface area contributed by atoms with E-state index in [-0.39, 0.29) is 5.91 Å². The zero-order valence-corrected chi connectivity index (χ0v) is 12.4. The first-order chi connectivity index (χ1) is 9.12. The number of benzene rings is 1. The van der Waals surface area contributed by atoms with Crippen molar-refractivity contribution in [3.05, 3.63) is 23.3 Å². The third-order valence-electron chi connectivity index (χ3n) is 3.27. The summed E-state index contributed by atoms with van der Waals surface area (Å²) in [5, 5.41) is 0. The standard InChI is InChI=1S/C15H23NO3/c1-6-11-9-13(18-4)14(19-5)10-12(11)15(17)16(7-2)8-3/h9-10H,6-8H2,1-5H3. The smallest absolute Gasteiger partial charge is 0.254 e. The van der Waals surface area contributed by atoms with Gasteiger partial charge in [0.2, 0.25) is 0 Å². The van der Waals surface area contributed by atoms with Crippen LogP contribution in [0.25, 0.3) is 0 Å². The summed E-state index contributed by atoms with van der Waals surface area (Å²) in [4.78, 5) is 14.3. The van der Waals surface area contributed by atoms with Gasteiger partial charge in [-0.3, -0.25) is 4.79 Å². The van der Waals surface area contributed by atoms with E-state index in [9.17, 15) is 4.79 Å². The van der Waals surface area contributed by atoms with E-state index in [1.54, 1.807) is 25.2 Å². The highest BCUT2D eigenvalue weighted by molar-refractivity contribution is 5.96. The van der Waals surface area contributed by atoms with E-state index < -0.39 is 0 Å². The summed E-state index contributed by atoms with van der Waals surface area (Å²) in [7, 11) is 3.18. The van der Waals surface area contributed by atoms with Crippen LogP contribution >= 0.6 is 0 Å². The predicted molar refractivity (Wildman–Crippen MR) is 76.2 cm³/mol. The molecule has 19 heavy (non-hydrogen) atoms. The molecule has 0 fully saturated rings. The molecule has 0 N–H and O–H groups in total. The molecular weight excluding hydrogens is 242 g/mol. The first-order valence-corrected chi connectivity index (χ1v) is 6.66. The van der Waals surface area contributed by atoms with Crippen LogP contribution < -0.4 is 9.47 Å². The van der Waals surface area contributed by atoms with Crippen LogP contribution in [0.1, 0.15) is 36.7 Å². The lowest BCUT2D eigenvalue weighted by Crippen LogP contribution is -2.31. The second-order valence-electron chi connectivity index (χ2n) is 4.20. The second-order valence-corrected chi connectivity index (χ2v) is 4.20. The van der Waals surface area contributed by atoms with E-state index in [1.807, 2.05) is 26.8 Å². The lowest BCUT2D eigenvalue weighted by atomic mass is 10.0. The Kier molecular flexibility index (Phi) is 5.67. The zero-order chi connectivity index (χ0) is 14.4. The highest BCUT2D eigenvalue weighted by atomic mass is 16.5. The number of hydrogen-bond donors (Lipinski definition) is 0. The Balaban J connectivity index is 3.29. The Bertz CT molecular complexity index is 439. The zero-order valence-electron chi connectivity index (χ0n) is 12.4. The largest absolute Gasteiger partial charge is 0.493 e. The normalized spacial score (nSPS) is 10.2. The molecule has 0 saturated carbocycles. The molecule has 0 heterocycles. The van der Waals surface area contributed by atoms with Gasteiger partial charge in [0.25, 0.3) is 5.91 Å². The number of carbonyl (C=O) groups excluding carboxylic acids is 1. The Morgan fingerprint density at radius 3 is 2.00 bits per heavy atom. The van der Waals surface area contributed by atoms with Gasteiger partial charge in [0.1, 0.15) is 0 Å². The summed E-state index contributed by atoms with van der Waals surface area (Å²) in [6, 6.07) is 3.66. The van der Waals surface area contributed by atoms with E-state index in [0.717, 1.165) is 12.0 Å². The minimum absolute atomic E-state index is 0.0443. The maximum atomic E-state index is 12.5. The Morgan fingerprint density at radius 2 is 1.58 bits per heavy atom. The molecule has 0 aliphatic heterocycles. The van der Waals surface area contributed by atoms with Gasteiger partial charge in [0.05, 0.1) is 14.2 Å². The summed E-state index contributed by atoms with van der Waals surface area (Å²) < 4.78 is 10.6. The summed E-state index contributed by atoms with van der Waals surface area (Å²) >= 11 is 0. The van der Waals surface area contributed by atoms with Crippen molar-refractivity contribution >= 4 is 5.91 Å². The summed E-state index contributed by atoms with van der Waals surface area (Å²) in [5.74, 6) is 1.30. The lowest BCUT2D eigenvalue weighted by molar-refractivity contribution is 0.0771. The van der Waals surface area contributed by atoms with Crippen LogP contribution in [-0.4, -0.2) is 38.1 Å². The lowest BCUT2D eigenvalue weighted by Gasteiger charge is -2.21. The summed E-state index contributed by atoms with van der Waals surface area (Å²) in [6.45, 7) is 7.39. The topological polar surface area (TPSA) is 38.8 Å². The fraction of sp³-hybridized carbons (Fsp3) is 0.533. The molecule has 1 aromatic rings. The molecule has 1 amide bonds. The third kappa shape index (κ3) is 3.19. The van der Waals surface area contributed by atoms with Gasteiger partial charge in [-0.25, -0.2) is 0 Å². The molecule has 0 spiro atoms. The monoisotopic (exact) mass is 265 g/mol. The predicted octanol–water partition coefficient (Wildman–Crippen LogP) is 2.75. The molecule has 0 unspecified atom stereocenters. The Morgan fingerprint density at radius 1 is 1.05 bits per heavy atom. The van der Waals surface area contributed by atoms with Crippen LogP contribution in [0.4, 0.5) is 0 Å². The van der Waals surface area contributed by atoms with Crippen molar-refractivity contribution in [1.82, 2.24) is 4.90 Å². The number of aryl methyl sites for hydroxylation is 1. The van der Waals surface area contributed by atoms with Crippen molar-refractivity contribution in [3.8, 4) is 11.5 Å². The van der Waals surface area contributed by atoms with Gasteiger partial charge < -0.3 is 14.4 Å². The van der Waals surface area contributed by atoms with E-state index in [0.29, 0.717) is 30.2 Å². The molecule has 0 saturated heterocycles. The van der Waals surface area contributed by atoms with Gasteiger partial charge in [0.15, 0.2) is 11.5 Å². The number of nitrogens with zero attached hydrogens (tertiary/aromatic N) is 1. The van der Waals surface area contributed by atoms with Gasteiger partial charge >= 0.3 is 0 Å². The van der Waals surface area contributed by atoms with Crippen LogP contribution in [0.15, 0.2) is 12.1 Å². The summed E-state index contributed by atoms with van der Waals surface area (Å²) in [5.41, 5.74) is 1.68. The average Bonchev–Trinajstić information content (AvgIpc) is 2.46. The number of methoxy groups -OCH3 is 2. The number of rotatable bonds is 6. The Labute approximate surface area is 115 Å². The van der Waals surface area contributed by atoms with Crippen molar-refractivity contribution < 1.29 is 14.3 Å². The molecule has 1 rings (SSSR count). The van der Waals surface area contributed by atoms with Crippen molar-refractivity contribution in [2.45, 2.75) is 27.2 Å². The molecule has 0 radical (unpaired) electrons. The van der Waals surface area contributed by atoms with Crippen LogP contribution in [0, 0.1) is 0 Å². The minimum atomic E-state index is 0.0443. The van der Waals surface area contributed by atoms with Crippen molar-refractivity contribution in [1.29, 1.82) is 0 Å². The van der Waals surface area contributed by atoms with Crippen LogP contribution in [0.3, 0.4) is 0 Å². The SMILES string of the molecule is CCc1cc(OC)c(OC)cc1C(=O)N(CC)CC. The molecule has 0 aliphatic rings. The summed E-state index contributed by atoms with van der Waals surface area (Å²) in [6.07, 6.45) is 0.780. The molecule has 0 atom stereocenters. The van der Waals surface area contributed by atoms with Gasteiger partial charge in [-0.1, -0.05) is 6.92 Å². The number of amides is 1. The van der Waals surface area contributed by atoms with E-state index in [2.05, 4.69) is 0 Å². The van der Waals surface area contributed by atoms with Crippen LogP contribution in [0.2, 0.25) is 0 Å². The maximum Gasteiger partial charge on any atom is 0.254 e. The molecule has 4 heteroatoms. The van der Waals surface area contributed by atoms with Gasteiger partial charge in [-0.15, -0.1) is 0 Å². The first kappa shape index (κ1) is 15.3. The molecular formula is C15H23NO3. The first-order valence-electron chi connectivity index (χ1n) is 6.66. The van der Waals surface area contributed by atoms with E-state index >= 15 is 0 Å². The van der Waals surface area contributed by atoms with Crippen molar-refractivity contribution in [2.75, 3.05) is 27.3 Å². The second kappa shape index (κ2) is 7.02. The number of ether oxygens (including phenoxy) is 2. The van der Waals surface area contributed by atoms with Gasteiger partial charge in [-0.2, -0.15) is 0 Å². The van der Waals surface area contributed by atoms with E-state index in [4.69, 9.17) is 9.47 Å².